The molecule has 0 spiro atoms. The summed E-state index contributed by atoms with van der Waals surface area (Å²) in [6.45, 7) is 1.81. The average Bonchev–Trinajstić information content (AvgIpc) is 2.59. The molecule has 0 radical (unpaired) electrons. The molecule has 1 aromatic carbocycles. The fourth-order valence-corrected chi connectivity index (χ4v) is 5.35. The Morgan fingerprint density at radius 3 is 2.38 bits per heavy atom. The number of carbonyl (C=O) groups is 1. The van der Waals surface area contributed by atoms with Gasteiger partial charge in [0, 0.05) is 0 Å². The van der Waals surface area contributed by atoms with Gasteiger partial charge in [-0.2, -0.15) is 0 Å². The minimum atomic E-state index is -4.42. The first-order valence-corrected chi connectivity index (χ1v) is 10.7. The van der Waals surface area contributed by atoms with E-state index in [9.17, 15) is 18.0 Å². The van der Waals surface area contributed by atoms with Crippen LogP contribution in [0.3, 0.4) is 0 Å². The van der Waals surface area contributed by atoms with Gasteiger partial charge >= 0.3 is 159 Å². The summed E-state index contributed by atoms with van der Waals surface area (Å²) in [5.74, 6) is -0.201. The molecule has 7 heteroatoms. The zero-order chi connectivity index (χ0) is 19.2. The van der Waals surface area contributed by atoms with Crippen molar-refractivity contribution in [3.8, 4) is 0 Å². The molecule has 146 valence electrons. The van der Waals surface area contributed by atoms with Crippen LogP contribution in [-0.4, -0.2) is 45.3 Å². The van der Waals surface area contributed by atoms with Crippen molar-refractivity contribution >= 4 is 25.3 Å². The van der Waals surface area contributed by atoms with Crippen molar-refractivity contribution in [2.24, 2.45) is 0 Å². The van der Waals surface area contributed by atoms with Gasteiger partial charge in [0.2, 0.25) is 0 Å². The molecule has 0 bridgehead atoms. The molecule has 0 aromatic heterocycles. The first-order chi connectivity index (χ1) is 12.2. The van der Waals surface area contributed by atoms with E-state index in [0.29, 0.717) is 0 Å². The molecule has 3 nitrogen and oxygen atoms in total. The molecule has 2 rings (SSSR count). The first kappa shape index (κ1) is 21.3. The van der Waals surface area contributed by atoms with Gasteiger partial charge in [-0.25, -0.2) is 0 Å². The van der Waals surface area contributed by atoms with Crippen LogP contribution in [0.15, 0.2) is 30.3 Å². The fourth-order valence-electron chi connectivity index (χ4n) is 3.01. The van der Waals surface area contributed by atoms with Crippen LogP contribution in [0, 0.1) is 0 Å². The Labute approximate surface area is 159 Å². The number of halogens is 3. The number of rotatable bonds is 7. The zero-order valence-corrected chi connectivity index (χ0v) is 16.9. The second kappa shape index (κ2) is 9.25. The van der Waals surface area contributed by atoms with Crippen LogP contribution in [-0.2, 0) is 9.53 Å². The minimum absolute atomic E-state index is 0.115. The van der Waals surface area contributed by atoms with E-state index in [0.717, 1.165) is 30.1 Å². The number of amides is 1. The van der Waals surface area contributed by atoms with Gasteiger partial charge in [-0.1, -0.05) is 0 Å². The predicted octanol–water partition coefficient (Wildman–Crippen LogP) is 3.61. The van der Waals surface area contributed by atoms with E-state index < -0.39 is 23.2 Å². The SMILES string of the molecule is CC(C)(OCC(F)(F)F)C([Se]c1ccccc1)C(=O)NC1CCCCC1. The number of alkyl halides is 3. The van der Waals surface area contributed by atoms with Gasteiger partial charge in [0.25, 0.3) is 0 Å². The van der Waals surface area contributed by atoms with Crippen LogP contribution < -0.4 is 9.78 Å². The van der Waals surface area contributed by atoms with Crippen molar-refractivity contribution in [3.05, 3.63) is 30.3 Å². The molecule has 0 saturated heterocycles. The Morgan fingerprint density at radius 1 is 1.19 bits per heavy atom. The second-order valence-electron chi connectivity index (χ2n) is 7.16. The summed E-state index contributed by atoms with van der Waals surface area (Å²) < 4.78 is 44.0. The van der Waals surface area contributed by atoms with E-state index in [1.807, 2.05) is 30.3 Å². The third-order valence-corrected chi connectivity index (χ3v) is 7.70. The number of benzene rings is 1. The third-order valence-electron chi connectivity index (χ3n) is 4.43. The van der Waals surface area contributed by atoms with Crippen LogP contribution in [0.2, 0.25) is 4.82 Å². The molecule has 0 aliphatic heterocycles. The van der Waals surface area contributed by atoms with Crippen molar-refractivity contribution in [2.45, 2.75) is 68.6 Å². The molecule has 1 atom stereocenters. The molecule has 1 aliphatic rings. The van der Waals surface area contributed by atoms with E-state index in [-0.39, 0.29) is 26.9 Å². The van der Waals surface area contributed by atoms with Crippen LogP contribution in [0.5, 0.6) is 0 Å². The quantitative estimate of drug-likeness (QED) is 0.664. The molecular weight excluding hydrogens is 410 g/mol. The van der Waals surface area contributed by atoms with E-state index in [1.54, 1.807) is 13.8 Å². The number of hydrogen-bond donors (Lipinski definition) is 1. The molecule has 1 fully saturated rings. The van der Waals surface area contributed by atoms with Crippen molar-refractivity contribution in [1.29, 1.82) is 0 Å². The molecule has 1 aliphatic carbocycles. The van der Waals surface area contributed by atoms with Crippen LogP contribution in [0.25, 0.3) is 0 Å². The average molecular weight is 436 g/mol. The van der Waals surface area contributed by atoms with Gasteiger partial charge in [0.15, 0.2) is 0 Å². The first-order valence-electron chi connectivity index (χ1n) is 8.90. The molecular formula is C19H26F3NO2Se. The molecule has 1 N–H and O–H groups in total. The molecule has 1 amide bonds. The van der Waals surface area contributed by atoms with Crippen LogP contribution in [0.1, 0.15) is 46.0 Å². The Balaban J connectivity index is 2.12. The van der Waals surface area contributed by atoms with E-state index >= 15 is 0 Å². The van der Waals surface area contributed by atoms with Crippen molar-refractivity contribution in [2.75, 3.05) is 6.61 Å². The summed E-state index contributed by atoms with van der Waals surface area (Å²) >= 11 is -0.338. The maximum absolute atomic E-state index is 12.9. The van der Waals surface area contributed by atoms with Gasteiger partial charge in [-0.15, -0.1) is 0 Å². The Hall–Kier alpha value is -1.04. The Kier molecular flexibility index (Phi) is 7.56. The Bertz CT molecular complexity index is 572. The van der Waals surface area contributed by atoms with Crippen molar-refractivity contribution < 1.29 is 22.7 Å². The van der Waals surface area contributed by atoms with E-state index in [2.05, 4.69) is 5.32 Å². The second-order valence-corrected chi connectivity index (χ2v) is 9.63. The van der Waals surface area contributed by atoms with Crippen LogP contribution >= 0.6 is 0 Å². The third kappa shape index (κ3) is 6.93. The van der Waals surface area contributed by atoms with Crippen molar-refractivity contribution in [1.82, 2.24) is 5.32 Å². The summed E-state index contributed by atoms with van der Waals surface area (Å²) in [6, 6.07) is 9.54. The Morgan fingerprint density at radius 2 is 1.81 bits per heavy atom. The molecule has 1 saturated carbocycles. The predicted molar refractivity (Wildman–Crippen MR) is 96.7 cm³/mol. The monoisotopic (exact) mass is 437 g/mol. The van der Waals surface area contributed by atoms with Gasteiger partial charge < -0.3 is 0 Å². The number of ether oxygens (including phenoxy) is 1. The summed E-state index contributed by atoms with van der Waals surface area (Å²) in [5, 5.41) is 3.06. The number of hydrogen-bond acceptors (Lipinski definition) is 2. The molecule has 1 aromatic rings. The zero-order valence-electron chi connectivity index (χ0n) is 15.1. The molecule has 26 heavy (non-hydrogen) atoms. The normalized spacial score (nSPS) is 17.7. The van der Waals surface area contributed by atoms with Gasteiger partial charge in [-0.05, 0) is 0 Å². The van der Waals surface area contributed by atoms with E-state index in [1.165, 1.54) is 6.42 Å². The summed E-state index contributed by atoms with van der Waals surface area (Å²) in [6.07, 6.45) is 0.771. The van der Waals surface area contributed by atoms with Gasteiger partial charge in [0.05, 0.1) is 0 Å². The number of nitrogens with one attached hydrogen (secondary N) is 1. The van der Waals surface area contributed by atoms with Crippen molar-refractivity contribution in [3.63, 3.8) is 0 Å². The van der Waals surface area contributed by atoms with Gasteiger partial charge in [0.1, 0.15) is 0 Å². The fraction of sp³-hybridized carbons (Fsp3) is 0.632. The summed E-state index contributed by atoms with van der Waals surface area (Å²) in [4.78, 5) is 12.3. The molecule has 0 heterocycles. The summed E-state index contributed by atoms with van der Waals surface area (Å²) in [7, 11) is 0. The maximum atomic E-state index is 12.9. The van der Waals surface area contributed by atoms with Gasteiger partial charge in [-0.3, -0.25) is 0 Å². The topological polar surface area (TPSA) is 38.3 Å². The van der Waals surface area contributed by atoms with Crippen LogP contribution in [0.4, 0.5) is 13.2 Å². The molecule has 1 unspecified atom stereocenters. The standard InChI is InChI=1S/C19H26F3NO2Se/c1-18(2,25-13-19(20,21)22)16(26-15-11-7-4-8-12-15)17(24)23-14-9-5-3-6-10-14/h4,7-8,11-12,14,16H,3,5-6,9-10,13H2,1-2H3,(H,23,24). The number of carbonyl (C=O) groups excluding carboxylic acids is 1. The van der Waals surface area contributed by atoms with E-state index in [4.69, 9.17) is 4.74 Å². The summed E-state index contributed by atoms with van der Waals surface area (Å²) in [5.41, 5.74) is -1.20.